The lowest BCUT2D eigenvalue weighted by molar-refractivity contribution is -0.187. The Bertz CT molecular complexity index is 666. The van der Waals surface area contributed by atoms with E-state index in [0.717, 1.165) is 6.42 Å². The zero-order valence-electron chi connectivity index (χ0n) is 15.3. The number of carbonyl (C=O) groups excluding carboxylic acids is 2. The molecule has 2 saturated heterocycles. The van der Waals surface area contributed by atoms with E-state index in [2.05, 4.69) is 10.5 Å². The van der Waals surface area contributed by atoms with Crippen LogP contribution in [0.1, 0.15) is 35.2 Å². The molecule has 1 N–H and O–H groups in total. The number of nitrogens with one attached hydrogen (secondary N) is 1. The number of nitrogens with zero attached hydrogens (tertiary/aromatic N) is 3. The highest BCUT2D eigenvalue weighted by atomic mass is 16.5. The van der Waals surface area contributed by atoms with Crippen LogP contribution in [-0.2, 0) is 16.0 Å². The number of aryl methyl sites for hydroxylation is 2. The summed E-state index contributed by atoms with van der Waals surface area (Å²) in [4.78, 5) is 28.4. The molecule has 8 nitrogen and oxygen atoms in total. The molecule has 0 aromatic carbocycles. The molecule has 2 amide bonds. The van der Waals surface area contributed by atoms with Crippen LogP contribution in [0.5, 0.6) is 0 Å². The normalized spacial score (nSPS) is 22.7. The van der Waals surface area contributed by atoms with E-state index in [0.29, 0.717) is 49.7 Å². The maximum absolute atomic E-state index is 12.8. The molecule has 25 heavy (non-hydrogen) atoms. The fourth-order valence-corrected chi connectivity index (χ4v) is 3.67. The predicted octanol–water partition coefficient (Wildman–Crippen LogP) is 0.207. The van der Waals surface area contributed by atoms with Crippen molar-refractivity contribution in [2.75, 3.05) is 40.3 Å². The van der Waals surface area contributed by atoms with Gasteiger partial charge in [0, 0.05) is 20.0 Å². The van der Waals surface area contributed by atoms with Gasteiger partial charge in [0.1, 0.15) is 23.0 Å². The summed E-state index contributed by atoms with van der Waals surface area (Å²) in [5.74, 6) is 0.564. The highest BCUT2D eigenvalue weighted by molar-refractivity contribution is 5.97. The van der Waals surface area contributed by atoms with Gasteiger partial charge in [-0.1, -0.05) is 12.1 Å². The van der Waals surface area contributed by atoms with Crippen LogP contribution >= 0.6 is 0 Å². The maximum Gasteiger partial charge on any atom is 0.259 e. The zero-order valence-corrected chi connectivity index (χ0v) is 15.3. The maximum atomic E-state index is 12.8. The summed E-state index contributed by atoms with van der Waals surface area (Å²) in [7, 11) is 3.54. The topological polar surface area (TPSA) is 87.9 Å². The molecule has 1 aromatic rings. The van der Waals surface area contributed by atoms with Crippen molar-refractivity contribution < 1.29 is 18.8 Å². The van der Waals surface area contributed by atoms with Crippen LogP contribution in [0.3, 0.4) is 0 Å². The number of aromatic nitrogens is 1. The molecule has 0 bridgehead atoms. The Balaban J connectivity index is 1.64. The number of carbonyl (C=O) groups is 2. The van der Waals surface area contributed by atoms with Crippen LogP contribution in [0.4, 0.5) is 0 Å². The van der Waals surface area contributed by atoms with E-state index in [-0.39, 0.29) is 23.5 Å². The second-order valence-corrected chi connectivity index (χ2v) is 7.02. The third kappa shape index (κ3) is 3.16. The smallest absolute Gasteiger partial charge is 0.259 e. The molecule has 0 saturated carbocycles. The number of hydrogen-bond donors (Lipinski definition) is 1. The van der Waals surface area contributed by atoms with Gasteiger partial charge in [-0.05, 0) is 20.4 Å². The number of morpholine rings is 1. The van der Waals surface area contributed by atoms with E-state index in [9.17, 15) is 9.59 Å². The fraction of sp³-hybridized carbons (Fsp3) is 0.706. The Morgan fingerprint density at radius 3 is 2.68 bits per heavy atom. The first-order chi connectivity index (χ1) is 11.9. The average molecular weight is 350 g/mol. The van der Waals surface area contributed by atoms with Gasteiger partial charge in [-0.2, -0.15) is 0 Å². The van der Waals surface area contributed by atoms with Crippen LogP contribution < -0.4 is 5.32 Å². The number of hydrogen-bond acceptors (Lipinski definition) is 6. The molecule has 0 aliphatic carbocycles. The van der Waals surface area contributed by atoms with Gasteiger partial charge in [0.25, 0.3) is 5.91 Å². The summed E-state index contributed by atoms with van der Waals surface area (Å²) in [5, 5.41) is 6.60. The first kappa shape index (κ1) is 17.9. The van der Waals surface area contributed by atoms with E-state index in [1.807, 2.05) is 18.9 Å². The van der Waals surface area contributed by atoms with Gasteiger partial charge in [0.2, 0.25) is 5.91 Å². The van der Waals surface area contributed by atoms with Crippen molar-refractivity contribution >= 4 is 11.8 Å². The Labute approximate surface area is 147 Å². The van der Waals surface area contributed by atoms with Crippen LogP contribution in [0, 0.1) is 6.92 Å². The Kier molecular flexibility index (Phi) is 4.83. The first-order valence-corrected chi connectivity index (χ1v) is 8.71. The molecule has 1 aromatic heterocycles. The summed E-state index contributed by atoms with van der Waals surface area (Å²) in [6.07, 6.45) is 1.60. The van der Waals surface area contributed by atoms with Crippen LogP contribution in [0.15, 0.2) is 4.52 Å². The monoisotopic (exact) mass is 350 g/mol. The van der Waals surface area contributed by atoms with Crippen molar-refractivity contribution in [3.05, 3.63) is 17.0 Å². The summed E-state index contributed by atoms with van der Waals surface area (Å²) >= 11 is 0. The van der Waals surface area contributed by atoms with E-state index < -0.39 is 0 Å². The summed E-state index contributed by atoms with van der Waals surface area (Å²) in [6, 6.07) is -0.281. The Hall–Kier alpha value is -1.93. The van der Waals surface area contributed by atoms with Gasteiger partial charge < -0.3 is 19.5 Å². The van der Waals surface area contributed by atoms with Crippen LogP contribution in [0.25, 0.3) is 0 Å². The molecule has 1 atom stereocenters. The third-order valence-corrected chi connectivity index (χ3v) is 5.04. The van der Waals surface area contributed by atoms with Crippen molar-refractivity contribution in [3.63, 3.8) is 0 Å². The molecule has 2 aliphatic rings. The minimum absolute atomic E-state index is 0.0473. The molecule has 138 valence electrons. The molecule has 2 fully saturated rings. The molecular weight excluding hydrogens is 324 g/mol. The highest BCUT2D eigenvalue weighted by Gasteiger charge is 2.51. The number of amides is 2. The number of rotatable bonds is 4. The zero-order chi connectivity index (χ0) is 18.2. The number of ether oxygens (including phenoxy) is 1. The molecule has 1 spiro atoms. The molecule has 3 heterocycles. The van der Waals surface area contributed by atoms with E-state index >= 15 is 0 Å². The number of likely N-dealkylation sites (N-methyl/N-ethyl adjacent to an activating group) is 2. The lowest BCUT2D eigenvalue weighted by Gasteiger charge is -2.54. The first-order valence-electron chi connectivity index (χ1n) is 8.71. The van der Waals surface area contributed by atoms with Crippen LogP contribution in [0.2, 0.25) is 0 Å². The Morgan fingerprint density at radius 2 is 2.08 bits per heavy atom. The molecule has 3 rings (SSSR count). The van der Waals surface area contributed by atoms with Crippen molar-refractivity contribution in [1.82, 2.24) is 20.3 Å². The second kappa shape index (κ2) is 6.76. The van der Waals surface area contributed by atoms with Gasteiger partial charge in [-0.15, -0.1) is 0 Å². The van der Waals surface area contributed by atoms with Crippen LogP contribution in [-0.4, -0.2) is 78.8 Å². The predicted molar refractivity (Wildman–Crippen MR) is 90.3 cm³/mol. The van der Waals surface area contributed by atoms with Crippen molar-refractivity contribution in [2.45, 2.75) is 38.3 Å². The van der Waals surface area contributed by atoms with Crippen molar-refractivity contribution in [3.8, 4) is 0 Å². The lowest BCUT2D eigenvalue weighted by Crippen LogP contribution is -2.73. The third-order valence-electron chi connectivity index (χ3n) is 5.04. The minimum Gasteiger partial charge on any atom is -0.368 e. The van der Waals surface area contributed by atoms with Gasteiger partial charge in [0.15, 0.2) is 0 Å². The highest BCUT2D eigenvalue weighted by Crippen LogP contribution is 2.32. The molecule has 8 heteroatoms. The second-order valence-electron chi connectivity index (χ2n) is 7.02. The van der Waals surface area contributed by atoms with E-state index in [1.54, 1.807) is 18.9 Å². The quantitative estimate of drug-likeness (QED) is 0.835. The minimum atomic E-state index is -0.384. The summed E-state index contributed by atoms with van der Waals surface area (Å²) in [6.45, 7) is 5.84. The standard InChI is InChI=1S/C17H26N4O4/c1-5-6-13-14(11(2)19-25-13)16(23)21-9-17(10-21)8-20(4)12(7-24-17)15(22)18-3/h12H,5-10H2,1-4H3,(H,18,22)/t12-/m0/s1. The molecule has 2 aliphatic heterocycles. The molecular formula is C17H26N4O4. The van der Waals surface area contributed by atoms with Gasteiger partial charge in [-0.25, -0.2) is 0 Å². The van der Waals surface area contributed by atoms with Gasteiger partial charge in [0.05, 0.1) is 25.4 Å². The van der Waals surface area contributed by atoms with E-state index in [1.165, 1.54) is 0 Å². The fourth-order valence-electron chi connectivity index (χ4n) is 3.67. The summed E-state index contributed by atoms with van der Waals surface area (Å²) < 4.78 is 11.3. The van der Waals surface area contributed by atoms with Crippen molar-refractivity contribution in [1.29, 1.82) is 0 Å². The van der Waals surface area contributed by atoms with Gasteiger partial charge in [-0.3, -0.25) is 14.5 Å². The lowest BCUT2D eigenvalue weighted by atomic mass is 9.89. The largest absolute Gasteiger partial charge is 0.368 e. The number of likely N-dealkylation sites (tertiary alicyclic amines) is 1. The molecule has 0 unspecified atom stereocenters. The SMILES string of the molecule is CCCc1onc(C)c1C(=O)N1CC2(C1)CN(C)[C@H](C(=O)NC)CO2. The summed E-state index contributed by atoms with van der Waals surface area (Å²) in [5.41, 5.74) is 0.838. The van der Waals surface area contributed by atoms with Crippen molar-refractivity contribution in [2.24, 2.45) is 0 Å². The van der Waals surface area contributed by atoms with Gasteiger partial charge >= 0.3 is 0 Å². The average Bonchev–Trinajstić information content (AvgIpc) is 2.92. The Morgan fingerprint density at radius 1 is 1.36 bits per heavy atom. The van der Waals surface area contributed by atoms with E-state index in [4.69, 9.17) is 9.26 Å². The molecule has 0 radical (unpaired) electrons.